The third kappa shape index (κ3) is 11.8. The molecule has 0 aliphatic heterocycles. The number of nitrogen functional groups attached to an aromatic ring is 1. The number of carbonyl (C=O) groups excluding carboxylic acids is 4. The molecule has 2 unspecified atom stereocenters. The van der Waals surface area contributed by atoms with Gasteiger partial charge < -0.3 is 38.5 Å². The highest BCUT2D eigenvalue weighted by Crippen LogP contribution is 2.10. The first-order valence-electron chi connectivity index (χ1n) is 11.8. The summed E-state index contributed by atoms with van der Waals surface area (Å²) in [6, 6.07) is 2.19. The Morgan fingerprint density at radius 3 is 2.27 bits per heavy atom. The molecule has 0 radical (unpaired) electrons. The van der Waals surface area contributed by atoms with E-state index in [4.69, 9.17) is 22.6 Å². The van der Waals surface area contributed by atoms with Gasteiger partial charge in [0.05, 0.1) is 12.1 Å². The molecule has 1 aromatic rings. The maximum absolute atomic E-state index is 13.9. The number of nitrogens with one attached hydrogen (secondary N) is 6. The predicted molar refractivity (Wildman–Crippen MR) is 136 cm³/mol. The van der Waals surface area contributed by atoms with Crippen molar-refractivity contribution in [1.82, 2.24) is 26.6 Å². The van der Waals surface area contributed by atoms with E-state index >= 15 is 0 Å². The molecule has 0 heterocycles. The van der Waals surface area contributed by atoms with Gasteiger partial charge in [0.1, 0.15) is 30.0 Å². The van der Waals surface area contributed by atoms with Gasteiger partial charge >= 0.3 is 0 Å². The molecule has 4 amide bonds. The summed E-state index contributed by atoms with van der Waals surface area (Å²) in [6.45, 7) is 4.79. The fourth-order valence-corrected chi connectivity index (χ4v) is 3.31. The van der Waals surface area contributed by atoms with Crippen molar-refractivity contribution in [3.05, 3.63) is 35.1 Å². The van der Waals surface area contributed by atoms with Crippen LogP contribution in [0.15, 0.2) is 18.2 Å². The molecule has 0 saturated heterocycles. The molecule has 37 heavy (non-hydrogen) atoms. The van der Waals surface area contributed by atoms with E-state index in [2.05, 4.69) is 26.6 Å². The molecule has 0 saturated carbocycles. The zero-order valence-corrected chi connectivity index (χ0v) is 21.3. The average Bonchev–Trinajstić information content (AvgIpc) is 2.80. The van der Waals surface area contributed by atoms with E-state index < -0.39 is 53.7 Å². The lowest BCUT2D eigenvalue weighted by molar-refractivity contribution is -0.133. The third-order valence-corrected chi connectivity index (χ3v) is 5.23. The molecule has 0 fully saturated rings. The molecule has 13 nitrogen and oxygen atoms in total. The maximum Gasteiger partial charge on any atom is 0.243 e. The molecule has 0 aliphatic rings. The summed E-state index contributed by atoms with van der Waals surface area (Å²) in [7, 11) is 0. The van der Waals surface area contributed by atoms with E-state index in [0.29, 0.717) is 18.5 Å². The maximum atomic E-state index is 13.9. The van der Waals surface area contributed by atoms with Gasteiger partial charge in [0.25, 0.3) is 0 Å². The van der Waals surface area contributed by atoms with Gasteiger partial charge in [-0.1, -0.05) is 19.9 Å². The number of hydrogen-bond acceptors (Lipinski definition) is 8. The Balaban J connectivity index is 2.64. The Hall–Kier alpha value is -3.62. The van der Waals surface area contributed by atoms with Gasteiger partial charge in [-0.15, -0.1) is 0 Å². The van der Waals surface area contributed by atoms with Crippen LogP contribution in [0.3, 0.4) is 0 Å². The first-order valence-corrected chi connectivity index (χ1v) is 11.8. The normalized spacial score (nSPS) is 12.5. The minimum atomic E-state index is -0.958. The number of benzene rings is 1. The molecule has 1 rings (SSSR count). The van der Waals surface area contributed by atoms with Crippen LogP contribution in [-0.4, -0.2) is 60.9 Å². The highest BCUT2D eigenvalue weighted by Gasteiger charge is 2.28. The zero-order valence-electron chi connectivity index (χ0n) is 21.3. The van der Waals surface area contributed by atoms with Gasteiger partial charge in [0.2, 0.25) is 23.6 Å². The van der Waals surface area contributed by atoms with E-state index in [0.717, 1.165) is 6.07 Å². The monoisotopic (exact) mass is 523 g/mol. The van der Waals surface area contributed by atoms with E-state index in [9.17, 15) is 23.6 Å². The van der Waals surface area contributed by atoms with Crippen molar-refractivity contribution in [3.8, 4) is 0 Å². The van der Waals surface area contributed by atoms with Gasteiger partial charge in [-0.2, -0.15) is 0 Å². The number of halogens is 1. The molecule has 14 heteroatoms. The number of carbonyl (C=O) groups is 4. The highest BCUT2D eigenvalue weighted by atomic mass is 19.1. The number of nitrogens with two attached hydrogens (primary N) is 3. The second kappa shape index (κ2) is 15.5. The number of hydrogen-bond donors (Lipinski definition) is 9. The van der Waals surface area contributed by atoms with Crippen molar-refractivity contribution in [2.75, 3.05) is 13.1 Å². The lowest BCUT2D eigenvalue weighted by atomic mass is 10.0. The Morgan fingerprint density at radius 1 is 1.05 bits per heavy atom. The predicted octanol–water partition coefficient (Wildman–Crippen LogP) is -1.94. The van der Waals surface area contributed by atoms with Crippen molar-refractivity contribution in [2.45, 2.75) is 58.5 Å². The Morgan fingerprint density at radius 2 is 1.73 bits per heavy atom. The van der Waals surface area contributed by atoms with Gasteiger partial charge in [0.15, 0.2) is 0 Å². The van der Waals surface area contributed by atoms with E-state index in [1.165, 1.54) is 19.1 Å². The van der Waals surface area contributed by atoms with Crippen LogP contribution in [0.2, 0.25) is 0 Å². The van der Waals surface area contributed by atoms with Crippen LogP contribution in [0.25, 0.3) is 0 Å². The first kappa shape index (κ1) is 31.4. The van der Waals surface area contributed by atoms with E-state index in [1.54, 1.807) is 13.8 Å². The molecule has 0 aliphatic carbocycles. The molecule has 0 bridgehead atoms. The van der Waals surface area contributed by atoms with Gasteiger partial charge in [-0.05, 0) is 43.0 Å². The Labute approximate surface area is 215 Å². The molecule has 0 aromatic heterocycles. The highest BCUT2D eigenvalue weighted by molar-refractivity contribution is 5.95. The molecule has 12 N–H and O–H groups in total. The number of rotatable bonds is 15. The smallest absolute Gasteiger partial charge is 0.243 e. The van der Waals surface area contributed by atoms with Crippen molar-refractivity contribution in [1.29, 1.82) is 5.41 Å². The van der Waals surface area contributed by atoms with Crippen LogP contribution in [0.5, 0.6) is 0 Å². The van der Waals surface area contributed by atoms with Gasteiger partial charge in [-0.25, -0.2) is 4.39 Å². The molecule has 0 spiro atoms. The van der Waals surface area contributed by atoms with E-state index in [-0.39, 0.29) is 31.0 Å². The van der Waals surface area contributed by atoms with Crippen LogP contribution in [-0.2, 0) is 25.7 Å². The van der Waals surface area contributed by atoms with Crippen LogP contribution in [0, 0.1) is 17.1 Å². The summed E-state index contributed by atoms with van der Waals surface area (Å²) in [5.74, 6) is -3.44. The fourth-order valence-electron chi connectivity index (χ4n) is 3.31. The lowest BCUT2D eigenvalue weighted by Gasteiger charge is -2.25. The number of amidine groups is 1. The molecule has 2 atom stereocenters. The quantitative estimate of drug-likeness (QED) is 0.0542. The van der Waals surface area contributed by atoms with Crippen molar-refractivity contribution in [2.24, 2.45) is 23.1 Å². The minimum Gasteiger partial charge on any atom is -0.384 e. The second-order valence-corrected chi connectivity index (χ2v) is 8.83. The Bertz CT molecular complexity index is 972. The largest absolute Gasteiger partial charge is 0.384 e. The first-order chi connectivity index (χ1) is 17.3. The minimum absolute atomic E-state index is 0.00351. The Kier molecular flexibility index (Phi) is 13.1. The summed E-state index contributed by atoms with van der Waals surface area (Å²) in [5, 5.41) is 20.3. The summed E-state index contributed by atoms with van der Waals surface area (Å²) in [5.41, 5.74) is 16.5. The SMILES string of the molecule is CC(=O)NC(CCCNC(N)N)C(=O)NC(C(=O)NCC(=O)NCc1ccc(C(=N)N)c(F)c1)C(C)C. The second-order valence-electron chi connectivity index (χ2n) is 8.83. The van der Waals surface area contributed by atoms with Crippen molar-refractivity contribution >= 4 is 29.5 Å². The molecular formula is C23H38FN9O4. The summed E-state index contributed by atoms with van der Waals surface area (Å²) < 4.78 is 13.9. The molecular weight excluding hydrogens is 485 g/mol. The summed E-state index contributed by atoms with van der Waals surface area (Å²) in [4.78, 5) is 49.3. The van der Waals surface area contributed by atoms with Gasteiger partial charge in [-0.3, -0.25) is 29.9 Å². The third-order valence-electron chi connectivity index (χ3n) is 5.23. The van der Waals surface area contributed by atoms with Crippen LogP contribution >= 0.6 is 0 Å². The lowest BCUT2D eigenvalue weighted by Crippen LogP contribution is -2.56. The van der Waals surface area contributed by atoms with Gasteiger partial charge in [0, 0.05) is 13.5 Å². The van der Waals surface area contributed by atoms with Crippen LogP contribution in [0.1, 0.15) is 44.7 Å². The van der Waals surface area contributed by atoms with E-state index in [1.807, 2.05) is 0 Å². The van der Waals surface area contributed by atoms with Crippen LogP contribution in [0.4, 0.5) is 4.39 Å². The number of amides is 4. The van der Waals surface area contributed by atoms with Crippen molar-refractivity contribution < 1.29 is 23.6 Å². The van der Waals surface area contributed by atoms with Crippen molar-refractivity contribution in [3.63, 3.8) is 0 Å². The summed E-state index contributed by atoms with van der Waals surface area (Å²) in [6.07, 6.45) is 0.0739. The summed E-state index contributed by atoms with van der Waals surface area (Å²) >= 11 is 0. The van der Waals surface area contributed by atoms with Crippen LogP contribution < -0.4 is 43.8 Å². The average molecular weight is 524 g/mol. The molecule has 1 aromatic carbocycles. The fraction of sp³-hybridized carbons (Fsp3) is 0.522. The standard InChI is InChI=1S/C23H38FN9O4/c1-12(2)19(33-21(36)17(32-13(3)34)5-4-8-29-23(27)28)22(37)31-11-18(35)30-10-14-6-7-15(20(25)26)16(24)9-14/h6-7,9,12,17,19,23,29H,4-5,8,10-11,27-28H2,1-3H3,(H3,25,26)(H,30,35)(H,31,37)(H,32,34)(H,33,36). The topological polar surface area (TPSA) is 230 Å². The zero-order chi connectivity index (χ0) is 28.1. The molecule has 206 valence electrons.